The first-order chi connectivity index (χ1) is 26.3. The normalized spacial score (nSPS) is 12.2. The summed E-state index contributed by atoms with van der Waals surface area (Å²) in [4.78, 5) is 9.68. The van der Waals surface area contributed by atoms with Crippen molar-refractivity contribution in [2.75, 3.05) is 0 Å². The van der Waals surface area contributed by atoms with Crippen LogP contribution in [0.4, 0.5) is 0 Å². The van der Waals surface area contributed by atoms with Gasteiger partial charge in [0.1, 0.15) is 5.65 Å². The summed E-state index contributed by atoms with van der Waals surface area (Å²) in [5, 5.41) is 8.48. The first kappa shape index (κ1) is 28.5. The van der Waals surface area contributed by atoms with E-state index in [-0.39, 0.29) is 0 Å². The van der Waals surface area contributed by atoms with E-state index in [0.717, 1.165) is 44.5 Å². The molecule has 12 aromatic rings. The lowest BCUT2D eigenvalue weighted by Gasteiger charge is -2.11. The average Bonchev–Trinajstić information content (AvgIpc) is 3.89. The Morgan fingerprint density at radius 1 is 0.358 bits per heavy atom. The van der Waals surface area contributed by atoms with Gasteiger partial charge in [0.2, 0.25) is 0 Å². The zero-order valence-corrected chi connectivity index (χ0v) is 28.5. The van der Waals surface area contributed by atoms with Crippen LogP contribution in [0.15, 0.2) is 176 Å². The molecule has 0 radical (unpaired) electrons. The fraction of sp³-hybridized carbons (Fsp3) is 0. The highest BCUT2D eigenvalue weighted by Gasteiger charge is 2.18. The molecule has 0 saturated heterocycles. The molecular weight excluding hydrogens is 647 g/mol. The second-order valence-corrected chi connectivity index (χ2v) is 13.9. The molecular formula is C48H29N5. The van der Waals surface area contributed by atoms with Crippen LogP contribution in [-0.2, 0) is 0 Å². The molecule has 12 rings (SSSR count). The monoisotopic (exact) mass is 675 g/mol. The summed E-state index contributed by atoms with van der Waals surface area (Å²) in [5.74, 6) is 0. The number of benzene rings is 7. The molecule has 0 aliphatic carbocycles. The molecule has 0 aliphatic heterocycles. The van der Waals surface area contributed by atoms with Gasteiger partial charge >= 0.3 is 0 Å². The maximum Gasteiger partial charge on any atom is 0.146 e. The standard InChI is InChI=1S/C48H29N5/c1-2-10-32(11-3-1)51-44-22-18-31(27-40(44)37-24-25-49-29-47(37)51)30-19-23-45-39(26-30)36-14-7-8-16-42(36)52(45)33-20-21-41-46(28-33)53-43-17-9-6-13-35(43)34-12-4-5-15-38(34)48(53)50-41/h1-29H. The van der Waals surface area contributed by atoms with Crippen molar-refractivity contribution in [3.63, 3.8) is 0 Å². The molecule has 5 heteroatoms. The minimum atomic E-state index is 0.984. The molecule has 7 aromatic carbocycles. The molecule has 0 spiro atoms. The van der Waals surface area contributed by atoms with Crippen LogP contribution < -0.4 is 0 Å². The van der Waals surface area contributed by atoms with E-state index in [1.807, 2.05) is 12.4 Å². The number of pyridine rings is 2. The van der Waals surface area contributed by atoms with Crippen molar-refractivity contribution in [3.05, 3.63) is 176 Å². The Hall–Kier alpha value is -7.24. The molecule has 0 fully saturated rings. The minimum Gasteiger partial charge on any atom is -0.309 e. The third-order valence-electron chi connectivity index (χ3n) is 11.1. The molecule has 0 N–H and O–H groups in total. The molecule has 5 aromatic heterocycles. The predicted molar refractivity (Wildman–Crippen MR) is 220 cm³/mol. The number of rotatable bonds is 3. The van der Waals surface area contributed by atoms with E-state index in [9.17, 15) is 0 Å². The van der Waals surface area contributed by atoms with E-state index in [4.69, 9.17) is 4.98 Å². The summed E-state index contributed by atoms with van der Waals surface area (Å²) < 4.78 is 7.05. The molecule has 0 unspecified atom stereocenters. The summed E-state index contributed by atoms with van der Waals surface area (Å²) in [6, 6.07) is 59.1. The van der Waals surface area contributed by atoms with E-state index < -0.39 is 0 Å². The Bertz CT molecular complexity index is 3460. The number of imidazole rings is 1. The third kappa shape index (κ3) is 3.96. The molecule has 246 valence electrons. The summed E-state index contributed by atoms with van der Waals surface area (Å²) >= 11 is 0. The molecule has 0 aliphatic rings. The van der Waals surface area contributed by atoms with Crippen LogP contribution in [0.25, 0.3) is 104 Å². The molecule has 0 saturated carbocycles. The maximum absolute atomic E-state index is 5.19. The Labute approximate surface area is 303 Å². The van der Waals surface area contributed by atoms with E-state index in [0.29, 0.717) is 0 Å². The van der Waals surface area contributed by atoms with Gasteiger partial charge in [0.15, 0.2) is 0 Å². The second kappa shape index (κ2) is 10.6. The Kier molecular flexibility index (Phi) is 5.71. The van der Waals surface area contributed by atoms with E-state index in [2.05, 4.69) is 182 Å². The van der Waals surface area contributed by atoms with Crippen molar-refractivity contribution in [1.29, 1.82) is 0 Å². The topological polar surface area (TPSA) is 40.0 Å². The van der Waals surface area contributed by atoms with Gasteiger partial charge in [-0.25, -0.2) is 4.98 Å². The van der Waals surface area contributed by atoms with Gasteiger partial charge in [0.05, 0.1) is 44.8 Å². The van der Waals surface area contributed by atoms with Crippen LogP contribution in [0.2, 0.25) is 0 Å². The van der Waals surface area contributed by atoms with E-state index in [1.165, 1.54) is 60.0 Å². The number of nitrogens with zero attached hydrogens (tertiary/aromatic N) is 5. The summed E-state index contributed by atoms with van der Waals surface area (Å²) in [6.45, 7) is 0. The van der Waals surface area contributed by atoms with Crippen LogP contribution in [0.1, 0.15) is 0 Å². The van der Waals surface area contributed by atoms with Crippen molar-refractivity contribution in [1.82, 2.24) is 23.5 Å². The summed E-state index contributed by atoms with van der Waals surface area (Å²) in [6.07, 6.45) is 3.86. The smallest absolute Gasteiger partial charge is 0.146 e. The first-order valence-electron chi connectivity index (χ1n) is 18.0. The van der Waals surface area contributed by atoms with E-state index >= 15 is 0 Å². The highest BCUT2D eigenvalue weighted by atomic mass is 15.0. The van der Waals surface area contributed by atoms with Gasteiger partial charge in [0.25, 0.3) is 0 Å². The lowest BCUT2D eigenvalue weighted by molar-refractivity contribution is 1.17. The van der Waals surface area contributed by atoms with Crippen molar-refractivity contribution >= 4 is 82.0 Å². The van der Waals surface area contributed by atoms with Gasteiger partial charge in [-0.2, -0.15) is 0 Å². The molecule has 0 bridgehead atoms. The second-order valence-electron chi connectivity index (χ2n) is 13.9. The summed E-state index contributed by atoms with van der Waals surface area (Å²) in [5.41, 5.74) is 13.5. The number of hydrogen-bond acceptors (Lipinski definition) is 2. The van der Waals surface area contributed by atoms with Gasteiger partial charge in [-0.15, -0.1) is 0 Å². The Balaban J connectivity index is 1.07. The molecule has 5 nitrogen and oxygen atoms in total. The largest absolute Gasteiger partial charge is 0.309 e. The third-order valence-corrected chi connectivity index (χ3v) is 11.1. The average molecular weight is 676 g/mol. The Morgan fingerprint density at radius 2 is 0.943 bits per heavy atom. The lowest BCUT2D eigenvalue weighted by atomic mass is 10.0. The fourth-order valence-corrected chi connectivity index (χ4v) is 8.77. The zero-order valence-electron chi connectivity index (χ0n) is 28.5. The maximum atomic E-state index is 5.19. The van der Waals surface area contributed by atoms with Crippen LogP contribution in [0.5, 0.6) is 0 Å². The van der Waals surface area contributed by atoms with Crippen molar-refractivity contribution in [2.45, 2.75) is 0 Å². The number of fused-ring (bicyclic) bond motifs is 14. The van der Waals surface area contributed by atoms with Gasteiger partial charge < -0.3 is 9.13 Å². The van der Waals surface area contributed by atoms with E-state index in [1.54, 1.807) is 0 Å². The highest BCUT2D eigenvalue weighted by Crippen LogP contribution is 2.39. The number of hydrogen-bond donors (Lipinski definition) is 0. The van der Waals surface area contributed by atoms with Crippen LogP contribution >= 0.6 is 0 Å². The lowest BCUT2D eigenvalue weighted by Crippen LogP contribution is -1.95. The highest BCUT2D eigenvalue weighted by molar-refractivity contribution is 6.15. The fourth-order valence-electron chi connectivity index (χ4n) is 8.77. The molecule has 5 heterocycles. The SMILES string of the molecule is c1ccc(-n2c3ccc(-c4ccc5c(c4)c4ccccc4n5-c4ccc5nc6c7ccccc7c7ccccc7n6c5c4)cc3c3ccncc32)cc1. The minimum absolute atomic E-state index is 0.984. The summed E-state index contributed by atoms with van der Waals surface area (Å²) in [7, 11) is 0. The van der Waals surface area contributed by atoms with Crippen molar-refractivity contribution in [2.24, 2.45) is 0 Å². The number of aromatic nitrogens is 5. The molecule has 0 atom stereocenters. The van der Waals surface area contributed by atoms with Crippen LogP contribution in [0, 0.1) is 0 Å². The predicted octanol–water partition coefficient (Wildman–Crippen LogP) is 12.1. The van der Waals surface area contributed by atoms with Crippen LogP contribution in [0.3, 0.4) is 0 Å². The van der Waals surface area contributed by atoms with Gasteiger partial charge in [0, 0.05) is 49.9 Å². The van der Waals surface area contributed by atoms with Crippen LogP contribution in [-0.4, -0.2) is 23.5 Å². The molecule has 0 amide bonds. The van der Waals surface area contributed by atoms with Crippen molar-refractivity contribution < 1.29 is 0 Å². The quantitative estimate of drug-likeness (QED) is 0.175. The van der Waals surface area contributed by atoms with Gasteiger partial charge in [-0.3, -0.25) is 9.38 Å². The first-order valence-corrected chi connectivity index (χ1v) is 18.0. The molecule has 53 heavy (non-hydrogen) atoms. The number of para-hydroxylation sites is 3. The van der Waals surface area contributed by atoms with Gasteiger partial charge in [-0.05, 0) is 89.3 Å². The Morgan fingerprint density at radius 3 is 1.70 bits per heavy atom. The van der Waals surface area contributed by atoms with Gasteiger partial charge in [-0.1, -0.05) is 91.0 Å². The zero-order chi connectivity index (χ0) is 34.6. The van der Waals surface area contributed by atoms with Crippen molar-refractivity contribution in [3.8, 4) is 22.5 Å².